The minimum absolute atomic E-state index is 0.0486. The van der Waals surface area contributed by atoms with E-state index in [4.69, 9.17) is 0 Å². The largest absolute Gasteiger partial charge is 0.320 e. The summed E-state index contributed by atoms with van der Waals surface area (Å²) in [6, 6.07) is 14.6. The second-order valence-corrected chi connectivity index (χ2v) is 6.75. The molecule has 0 radical (unpaired) electrons. The number of anilines is 1. The molecule has 0 saturated carbocycles. The molecule has 1 aliphatic heterocycles. The van der Waals surface area contributed by atoms with Crippen LogP contribution in [0.25, 0.3) is 0 Å². The van der Waals surface area contributed by atoms with Crippen LogP contribution in [0.1, 0.15) is 37.4 Å². The number of benzene rings is 2. The summed E-state index contributed by atoms with van der Waals surface area (Å²) in [6.07, 6.45) is 0.718. The highest BCUT2D eigenvalue weighted by molar-refractivity contribution is 6.08. The fourth-order valence-corrected chi connectivity index (χ4v) is 3.48. The molecular formula is C20H23FN2O. The molecule has 3 nitrogen and oxygen atoms in total. The molecule has 2 aromatic carbocycles. The predicted octanol–water partition coefficient (Wildman–Crippen LogP) is 3.80. The van der Waals surface area contributed by atoms with E-state index in [0.717, 1.165) is 24.1 Å². The van der Waals surface area contributed by atoms with E-state index < -0.39 is 5.41 Å². The second-order valence-electron chi connectivity index (χ2n) is 6.75. The quantitative estimate of drug-likeness (QED) is 0.906. The van der Waals surface area contributed by atoms with E-state index in [0.29, 0.717) is 5.69 Å². The monoisotopic (exact) mass is 326 g/mol. The molecule has 4 heteroatoms. The molecule has 0 spiro atoms. The lowest BCUT2D eigenvalue weighted by Crippen LogP contribution is -2.39. The van der Waals surface area contributed by atoms with E-state index in [-0.39, 0.29) is 17.8 Å². The molecule has 1 aliphatic rings. The Labute approximate surface area is 142 Å². The smallest absolute Gasteiger partial charge is 0.237 e. The Kier molecular flexibility index (Phi) is 4.41. The Morgan fingerprint density at radius 3 is 2.50 bits per heavy atom. The van der Waals surface area contributed by atoms with Crippen molar-refractivity contribution < 1.29 is 9.18 Å². The Morgan fingerprint density at radius 2 is 1.83 bits per heavy atom. The normalized spacial score (nSPS) is 17.0. The van der Waals surface area contributed by atoms with Crippen molar-refractivity contribution in [3.05, 3.63) is 65.5 Å². The van der Waals surface area contributed by atoms with Gasteiger partial charge in [0, 0.05) is 0 Å². The number of para-hydroxylation sites is 1. The zero-order valence-corrected chi connectivity index (χ0v) is 14.3. The summed E-state index contributed by atoms with van der Waals surface area (Å²) in [5.74, 6) is -0.385. The van der Waals surface area contributed by atoms with Crippen LogP contribution in [0.4, 0.5) is 10.1 Å². The lowest BCUT2D eigenvalue weighted by Gasteiger charge is -2.30. The molecule has 0 aromatic heterocycles. The first kappa shape index (κ1) is 16.7. The number of nitrogens with zero attached hydrogens (tertiary/aromatic N) is 1. The Balaban J connectivity index is 2.13. The van der Waals surface area contributed by atoms with Gasteiger partial charge in [0.2, 0.25) is 5.91 Å². The van der Waals surface area contributed by atoms with Crippen molar-refractivity contribution in [3.8, 4) is 0 Å². The molecule has 3 rings (SSSR count). The zero-order valence-electron chi connectivity index (χ0n) is 14.3. The fraction of sp³-hybridized carbons (Fsp3) is 0.350. The maximum Gasteiger partial charge on any atom is 0.237 e. The van der Waals surface area contributed by atoms with E-state index >= 15 is 0 Å². The third-order valence-corrected chi connectivity index (χ3v) is 4.82. The van der Waals surface area contributed by atoms with Gasteiger partial charge < -0.3 is 10.2 Å². The van der Waals surface area contributed by atoms with Crippen molar-refractivity contribution >= 4 is 11.6 Å². The van der Waals surface area contributed by atoms with Gasteiger partial charge in [-0.05, 0) is 51.1 Å². The van der Waals surface area contributed by atoms with Gasteiger partial charge in [0.05, 0.1) is 17.1 Å². The summed E-state index contributed by atoms with van der Waals surface area (Å²) in [4.78, 5) is 14.8. The van der Waals surface area contributed by atoms with Gasteiger partial charge in [-0.25, -0.2) is 4.39 Å². The fourth-order valence-electron chi connectivity index (χ4n) is 3.48. The van der Waals surface area contributed by atoms with E-state index in [1.165, 1.54) is 6.07 Å². The number of amides is 1. The molecule has 1 amide bonds. The number of hydrogen-bond acceptors (Lipinski definition) is 2. The number of hydrogen-bond donors (Lipinski definition) is 1. The summed E-state index contributed by atoms with van der Waals surface area (Å²) in [7, 11) is 1.88. The van der Waals surface area contributed by atoms with E-state index in [9.17, 15) is 9.18 Å². The lowest BCUT2D eigenvalue weighted by molar-refractivity contribution is -0.122. The van der Waals surface area contributed by atoms with Crippen LogP contribution >= 0.6 is 0 Å². The molecule has 2 aromatic rings. The van der Waals surface area contributed by atoms with E-state index in [1.807, 2.05) is 57.3 Å². The first-order valence-electron chi connectivity index (χ1n) is 8.30. The maximum absolute atomic E-state index is 14.6. The maximum atomic E-state index is 14.6. The molecule has 126 valence electrons. The third-order valence-electron chi connectivity index (χ3n) is 4.82. The summed E-state index contributed by atoms with van der Waals surface area (Å²) >= 11 is 0. The Morgan fingerprint density at radius 1 is 1.12 bits per heavy atom. The number of fused-ring (bicyclic) bond motifs is 1. The van der Waals surface area contributed by atoms with Crippen LogP contribution in [0.2, 0.25) is 0 Å². The molecule has 1 N–H and O–H groups in total. The molecule has 1 heterocycles. The van der Waals surface area contributed by atoms with Crippen LogP contribution in [0.15, 0.2) is 48.5 Å². The molecule has 0 bridgehead atoms. The van der Waals surface area contributed by atoms with Crippen LogP contribution in [0.5, 0.6) is 0 Å². The van der Waals surface area contributed by atoms with Gasteiger partial charge in [0.15, 0.2) is 0 Å². The SMILES string of the molecule is CNCC[C@H](c1ccccc1)N1C(=O)C(C)(C)c2cccc(F)c21. The van der Waals surface area contributed by atoms with Crippen LogP contribution in [-0.2, 0) is 10.2 Å². The van der Waals surface area contributed by atoms with E-state index in [1.54, 1.807) is 11.0 Å². The molecule has 0 fully saturated rings. The number of halogens is 1. The van der Waals surface area contributed by atoms with Gasteiger partial charge in [-0.15, -0.1) is 0 Å². The molecule has 0 saturated heterocycles. The third kappa shape index (κ3) is 2.61. The number of carbonyl (C=O) groups excluding carboxylic acids is 1. The van der Waals surface area contributed by atoms with Gasteiger partial charge in [0.25, 0.3) is 0 Å². The Bertz CT molecular complexity index is 743. The average Bonchev–Trinajstić information content (AvgIpc) is 2.78. The summed E-state index contributed by atoms with van der Waals surface area (Å²) in [6.45, 7) is 4.48. The molecule has 24 heavy (non-hydrogen) atoms. The lowest BCUT2D eigenvalue weighted by atomic mass is 9.86. The molecule has 0 unspecified atom stereocenters. The minimum Gasteiger partial charge on any atom is -0.320 e. The van der Waals surface area contributed by atoms with Crippen molar-refractivity contribution in [3.63, 3.8) is 0 Å². The summed E-state index contributed by atoms with van der Waals surface area (Å²) in [5.41, 5.74) is 1.49. The average molecular weight is 326 g/mol. The second kappa shape index (κ2) is 6.36. The summed E-state index contributed by atoms with van der Waals surface area (Å²) < 4.78 is 14.6. The predicted molar refractivity (Wildman–Crippen MR) is 94.6 cm³/mol. The first-order chi connectivity index (χ1) is 11.5. The van der Waals surface area contributed by atoms with Crippen molar-refractivity contribution in [2.24, 2.45) is 0 Å². The number of nitrogens with one attached hydrogen (secondary N) is 1. The molecule has 0 aliphatic carbocycles. The van der Waals surface area contributed by atoms with Gasteiger partial charge in [-0.2, -0.15) is 0 Å². The van der Waals surface area contributed by atoms with Crippen molar-refractivity contribution in [2.75, 3.05) is 18.5 Å². The zero-order chi connectivity index (χ0) is 17.3. The van der Waals surface area contributed by atoms with Crippen LogP contribution in [0.3, 0.4) is 0 Å². The van der Waals surface area contributed by atoms with E-state index in [2.05, 4.69) is 5.32 Å². The highest BCUT2D eigenvalue weighted by atomic mass is 19.1. The molecule has 1 atom stereocenters. The minimum atomic E-state index is -0.718. The highest BCUT2D eigenvalue weighted by Crippen LogP contribution is 2.47. The highest BCUT2D eigenvalue weighted by Gasteiger charge is 2.47. The Hall–Kier alpha value is -2.20. The van der Waals surface area contributed by atoms with Crippen molar-refractivity contribution in [1.29, 1.82) is 0 Å². The summed E-state index contributed by atoms with van der Waals surface area (Å²) in [5, 5.41) is 3.13. The van der Waals surface area contributed by atoms with Crippen LogP contribution in [-0.4, -0.2) is 19.5 Å². The topological polar surface area (TPSA) is 32.3 Å². The first-order valence-corrected chi connectivity index (χ1v) is 8.30. The standard InChI is InChI=1S/C20H23FN2O/c1-20(2)15-10-7-11-16(21)18(15)23(19(20)24)17(12-13-22-3)14-8-5-4-6-9-14/h4-11,17,22H,12-13H2,1-3H3/t17-/m1/s1. The number of carbonyl (C=O) groups is 1. The van der Waals surface area contributed by atoms with Crippen molar-refractivity contribution in [2.45, 2.75) is 31.7 Å². The van der Waals surface area contributed by atoms with Gasteiger partial charge in [-0.3, -0.25) is 4.79 Å². The van der Waals surface area contributed by atoms with Gasteiger partial charge in [-0.1, -0.05) is 42.5 Å². The number of rotatable bonds is 5. The van der Waals surface area contributed by atoms with Crippen LogP contribution in [0, 0.1) is 5.82 Å². The van der Waals surface area contributed by atoms with Gasteiger partial charge >= 0.3 is 0 Å². The molecular weight excluding hydrogens is 303 g/mol. The van der Waals surface area contributed by atoms with Gasteiger partial charge in [0.1, 0.15) is 5.82 Å². The van der Waals surface area contributed by atoms with Crippen LogP contribution < -0.4 is 10.2 Å². The van der Waals surface area contributed by atoms with Crippen molar-refractivity contribution in [1.82, 2.24) is 5.32 Å².